The van der Waals surface area contributed by atoms with Gasteiger partial charge in [0.25, 0.3) is 0 Å². The number of sulfonamides is 1. The summed E-state index contributed by atoms with van der Waals surface area (Å²) in [5.74, 6) is -0.593. The predicted molar refractivity (Wildman–Crippen MR) is 68.5 cm³/mol. The standard InChI is InChI=1S/C12H17FN2O3S/c1-9-8-18-6-5-15(9)19(16,17)12-4-2-3-11(13)10(12)7-14/h2-4,9H,5-8,14H2,1H3. The highest BCUT2D eigenvalue weighted by Crippen LogP contribution is 2.25. The van der Waals surface area contributed by atoms with Crippen molar-refractivity contribution in [1.29, 1.82) is 0 Å². The maximum absolute atomic E-state index is 13.7. The van der Waals surface area contributed by atoms with E-state index in [-0.39, 0.29) is 29.6 Å². The van der Waals surface area contributed by atoms with Crippen LogP contribution < -0.4 is 5.73 Å². The van der Waals surface area contributed by atoms with Crippen molar-refractivity contribution >= 4 is 10.0 Å². The van der Waals surface area contributed by atoms with E-state index in [9.17, 15) is 12.8 Å². The highest BCUT2D eigenvalue weighted by Gasteiger charge is 2.33. The largest absolute Gasteiger partial charge is 0.378 e. The molecule has 0 aliphatic carbocycles. The molecule has 0 saturated carbocycles. The van der Waals surface area contributed by atoms with Crippen molar-refractivity contribution in [2.75, 3.05) is 19.8 Å². The number of halogens is 1. The van der Waals surface area contributed by atoms with Gasteiger partial charge in [0.15, 0.2) is 0 Å². The number of benzene rings is 1. The van der Waals surface area contributed by atoms with Gasteiger partial charge in [-0.3, -0.25) is 0 Å². The number of rotatable bonds is 3. The molecule has 2 N–H and O–H groups in total. The van der Waals surface area contributed by atoms with Gasteiger partial charge in [-0.05, 0) is 19.1 Å². The van der Waals surface area contributed by atoms with Gasteiger partial charge >= 0.3 is 0 Å². The van der Waals surface area contributed by atoms with Crippen LogP contribution in [0, 0.1) is 5.82 Å². The van der Waals surface area contributed by atoms with Crippen LogP contribution in [0.2, 0.25) is 0 Å². The third-order valence-corrected chi connectivity index (χ3v) is 5.27. The molecule has 1 aromatic carbocycles. The number of morpholine rings is 1. The zero-order valence-corrected chi connectivity index (χ0v) is 11.5. The quantitative estimate of drug-likeness (QED) is 0.888. The van der Waals surface area contributed by atoms with Gasteiger partial charge in [0.05, 0.1) is 18.1 Å². The van der Waals surface area contributed by atoms with Crippen LogP contribution >= 0.6 is 0 Å². The Morgan fingerprint density at radius 2 is 2.26 bits per heavy atom. The summed E-state index contributed by atoms with van der Waals surface area (Å²) in [6.07, 6.45) is 0. The lowest BCUT2D eigenvalue weighted by Crippen LogP contribution is -2.47. The highest BCUT2D eigenvalue weighted by molar-refractivity contribution is 7.89. The average Bonchev–Trinajstić information content (AvgIpc) is 2.38. The molecule has 0 radical (unpaired) electrons. The molecular formula is C12H17FN2O3S. The Kier molecular flexibility index (Phi) is 4.19. The molecule has 19 heavy (non-hydrogen) atoms. The molecule has 1 atom stereocenters. The fraction of sp³-hybridized carbons (Fsp3) is 0.500. The monoisotopic (exact) mass is 288 g/mol. The van der Waals surface area contributed by atoms with Gasteiger partial charge in [-0.1, -0.05) is 6.07 Å². The van der Waals surface area contributed by atoms with Crippen LogP contribution in [0.5, 0.6) is 0 Å². The molecule has 0 amide bonds. The van der Waals surface area contributed by atoms with E-state index in [1.54, 1.807) is 6.92 Å². The zero-order chi connectivity index (χ0) is 14.0. The van der Waals surface area contributed by atoms with Crippen molar-refractivity contribution in [3.63, 3.8) is 0 Å². The molecule has 0 bridgehead atoms. The predicted octanol–water partition coefficient (Wildman–Crippen LogP) is 0.694. The molecule has 1 aromatic rings. The molecule has 1 aliphatic heterocycles. The van der Waals surface area contributed by atoms with Gasteiger partial charge in [0, 0.05) is 24.7 Å². The topological polar surface area (TPSA) is 72.6 Å². The normalized spacial score (nSPS) is 21.5. The number of nitrogens with zero attached hydrogens (tertiary/aromatic N) is 1. The van der Waals surface area contributed by atoms with E-state index in [1.165, 1.54) is 22.5 Å². The maximum atomic E-state index is 13.7. The van der Waals surface area contributed by atoms with Crippen molar-refractivity contribution in [3.8, 4) is 0 Å². The second-order valence-corrected chi connectivity index (χ2v) is 6.32. The van der Waals surface area contributed by atoms with Gasteiger partial charge in [0.1, 0.15) is 5.82 Å². The van der Waals surface area contributed by atoms with E-state index in [1.807, 2.05) is 0 Å². The average molecular weight is 288 g/mol. The first kappa shape index (κ1) is 14.4. The van der Waals surface area contributed by atoms with E-state index < -0.39 is 15.8 Å². The van der Waals surface area contributed by atoms with Gasteiger partial charge in [-0.25, -0.2) is 12.8 Å². The third kappa shape index (κ3) is 2.64. The Morgan fingerprint density at radius 3 is 2.89 bits per heavy atom. The van der Waals surface area contributed by atoms with Crippen LogP contribution in [0.3, 0.4) is 0 Å². The van der Waals surface area contributed by atoms with Crippen LogP contribution in [-0.2, 0) is 21.3 Å². The third-order valence-electron chi connectivity index (χ3n) is 3.17. The molecule has 5 nitrogen and oxygen atoms in total. The lowest BCUT2D eigenvalue weighted by molar-refractivity contribution is 0.0392. The molecule has 106 valence electrons. The summed E-state index contributed by atoms with van der Waals surface area (Å²) in [5.41, 5.74) is 5.49. The van der Waals surface area contributed by atoms with Gasteiger partial charge < -0.3 is 10.5 Å². The summed E-state index contributed by atoms with van der Waals surface area (Å²) in [5, 5.41) is 0. The first-order valence-electron chi connectivity index (χ1n) is 6.05. The van der Waals surface area contributed by atoms with E-state index in [2.05, 4.69) is 0 Å². The molecule has 1 heterocycles. The molecule has 2 rings (SSSR count). The number of ether oxygens (including phenoxy) is 1. The SMILES string of the molecule is CC1COCCN1S(=O)(=O)c1cccc(F)c1CN. The van der Waals surface area contributed by atoms with Crippen molar-refractivity contribution in [3.05, 3.63) is 29.6 Å². The molecule has 0 spiro atoms. The van der Waals surface area contributed by atoms with Gasteiger partial charge in [-0.2, -0.15) is 4.31 Å². The van der Waals surface area contributed by atoms with E-state index in [4.69, 9.17) is 10.5 Å². The first-order chi connectivity index (χ1) is 8.98. The van der Waals surface area contributed by atoms with E-state index >= 15 is 0 Å². The molecule has 1 fully saturated rings. The minimum atomic E-state index is -3.74. The van der Waals surface area contributed by atoms with Crippen molar-refractivity contribution in [1.82, 2.24) is 4.31 Å². The van der Waals surface area contributed by atoms with Gasteiger partial charge in [0.2, 0.25) is 10.0 Å². The van der Waals surface area contributed by atoms with Crippen molar-refractivity contribution in [2.45, 2.75) is 24.4 Å². The Morgan fingerprint density at radius 1 is 1.53 bits per heavy atom. The van der Waals surface area contributed by atoms with Gasteiger partial charge in [-0.15, -0.1) is 0 Å². The highest BCUT2D eigenvalue weighted by atomic mass is 32.2. The van der Waals surface area contributed by atoms with E-state index in [0.717, 1.165) is 0 Å². The summed E-state index contributed by atoms with van der Waals surface area (Å²) in [6.45, 7) is 2.56. The summed E-state index contributed by atoms with van der Waals surface area (Å²) in [4.78, 5) is -0.0521. The first-order valence-corrected chi connectivity index (χ1v) is 7.49. The summed E-state index contributed by atoms with van der Waals surface area (Å²) >= 11 is 0. The van der Waals surface area contributed by atoms with Crippen LogP contribution in [0.1, 0.15) is 12.5 Å². The van der Waals surface area contributed by atoms with Crippen LogP contribution in [0.25, 0.3) is 0 Å². The molecule has 7 heteroatoms. The smallest absolute Gasteiger partial charge is 0.243 e. The molecule has 1 unspecified atom stereocenters. The Bertz CT molecular complexity index is 562. The summed E-state index contributed by atoms with van der Waals surface area (Å²) < 4.78 is 45.4. The van der Waals surface area contributed by atoms with Crippen LogP contribution in [0.4, 0.5) is 4.39 Å². The number of hydrogen-bond donors (Lipinski definition) is 1. The molecule has 1 saturated heterocycles. The Labute approximate surface area is 112 Å². The number of hydrogen-bond acceptors (Lipinski definition) is 4. The summed E-state index contributed by atoms with van der Waals surface area (Å²) in [7, 11) is -3.74. The Hall–Kier alpha value is -1.02. The number of nitrogens with two attached hydrogens (primary N) is 1. The second-order valence-electron chi connectivity index (χ2n) is 4.46. The molecule has 1 aliphatic rings. The van der Waals surface area contributed by atoms with Crippen molar-refractivity contribution < 1.29 is 17.5 Å². The molecular weight excluding hydrogens is 271 g/mol. The fourth-order valence-electron chi connectivity index (χ4n) is 2.17. The van der Waals surface area contributed by atoms with E-state index in [0.29, 0.717) is 13.2 Å². The lowest BCUT2D eigenvalue weighted by atomic mass is 10.2. The summed E-state index contributed by atoms with van der Waals surface area (Å²) in [6, 6.07) is 3.71. The minimum Gasteiger partial charge on any atom is -0.378 e. The van der Waals surface area contributed by atoms with Crippen molar-refractivity contribution in [2.24, 2.45) is 5.73 Å². The minimum absolute atomic E-state index is 0.0289. The fourth-order valence-corrected chi connectivity index (χ4v) is 4.02. The van der Waals surface area contributed by atoms with Crippen LogP contribution in [-0.4, -0.2) is 38.5 Å². The zero-order valence-electron chi connectivity index (χ0n) is 10.7. The maximum Gasteiger partial charge on any atom is 0.243 e. The Balaban J connectivity index is 2.47. The molecule has 0 aromatic heterocycles. The van der Waals surface area contributed by atoms with Crippen LogP contribution in [0.15, 0.2) is 23.1 Å². The lowest BCUT2D eigenvalue weighted by Gasteiger charge is -2.32. The second kappa shape index (κ2) is 5.54.